The highest BCUT2D eigenvalue weighted by Crippen LogP contribution is 2.26. The van der Waals surface area contributed by atoms with Crippen molar-refractivity contribution in [3.63, 3.8) is 0 Å². The van der Waals surface area contributed by atoms with Crippen LogP contribution in [0.15, 0.2) is 54.6 Å². The molecule has 0 atom stereocenters. The van der Waals surface area contributed by atoms with Gasteiger partial charge in [-0.3, -0.25) is 9.69 Å². The van der Waals surface area contributed by atoms with E-state index in [-0.39, 0.29) is 12.5 Å². The van der Waals surface area contributed by atoms with E-state index < -0.39 is 5.82 Å². The first-order valence-corrected chi connectivity index (χ1v) is 6.53. The molecule has 2 aromatic rings. The third-order valence-electron chi connectivity index (χ3n) is 3.10. The molecule has 0 spiro atoms. The van der Waals surface area contributed by atoms with E-state index in [4.69, 9.17) is 12.2 Å². The summed E-state index contributed by atoms with van der Waals surface area (Å²) in [5.74, 6) is -0.555. The highest BCUT2D eigenvalue weighted by atomic mass is 32.1. The molecule has 0 radical (unpaired) electrons. The molecule has 1 heterocycles. The predicted molar refractivity (Wildman–Crippen MR) is 80.3 cm³/mol. The summed E-state index contributed by atoms with van der Waals surface area (Å²) in [6, 6.07) is 15.3. The molecule has 20 heavy (non-hydrogen) atoms. The van der Waals surface area contributed by atoms with E-state index in [9.17, 15) is 9.18 Å². The van der Waals surface area contributed by atoms with E-state index in [1.54, 1.807) is 17.0 Å². The fraction of sp³-hybridized carbons (Fsp3) is 0.0667. The molecule has 0 aromatic heterocycles. The Balaban J connectivity index is 1.95. The first kappa shape index (κ1) is 12.7. The summed E-state index contributed by atoms with van der Waals surface area (Å²) < 4.78 is 13.3. The van der Waals surface area contributed by atoms with Crippen LogP contribution < -0.4 is 9.80 Å². The zero-order valence-electron chi connectivity index (χ0n) is 10.5. The molecule has 5 heteroatoms. The van der Waals surface area contributed by atoms with Gasteiger partial charge in [0.2, 0.25) is 0 Å². The van der Waals surface area contributed by atoms with E-state index >= 15 is 0 Å². The molecule has 0 unspecified atom stereocenters. The average Bonchev–Trinajstić information content (AvgIpc) is 2.75. The summed E-state index contributed by atoms with van der Waals surface area (Å²) in [4.78, 5) is 15.3. The number of hydrogen-bond donors (Lipinski definition) is 0. The lowest BCUT2D eigenvalue weighted by molar-refractivity contribution is -0.115. The first-order valence-electron chi connectivity index (χ1n) is 6.12. The minimum absolute atomic E-state index is 0.163. The summed E-state index contributed by atoms with van der Waals surface area (Å²) in [5, 5.41) is 0.367. The zero-order chi connectivity index (χ0) is 14.1. The number of rotatable bonds is 2. The van der Waals surface area contributed by atoms with Gasteiger partial charge < -0.3 is 4.90 Å². The number of nitrogens with zero attached hydrogens (tertiary/aromatic N) is 2. The van der Waals surface area contributed by atoms with Crippen molar-refractivity contribution in [1.29, 1.82) is 0 Å². The van der Waals surface area contributed by atoms with Crippen molar-refractivity contribution in [1.82, 2.24) is 0 Å². The fourth-order valence-electron chi connectivity index (χ4n) is 2.18. The van der Waals surface area contributed by atoms with Crippen LogP contribution in [0.1, 0.15) is 0 Å². The van der Waals surface area contributed by atoms with Crippen molar-refractivity contribution in [3.8, 4) is 0 Å². The highest BCUT2D eigenvalue weighted by molar-refractivity contribution is 7.81. The normalized spacial score (nSPS) is 15.1. The topological polar surface area (TPSA) is 23.6 Å². The molecular weight excluding hydrogens is 275 g/mol. The maximum absolute atomic E-state index is 13.3. The summed E-state index contributed by atoms with van der Waals surface area (Å²) in [6.45, 7) is 0.166. The summed E-state index contributed by atoms with van der Waals surface area (Å²) in [7, 11) is 0. The van der Waals surface area contributed by atoms with Crippen molar-refractivity contribution >= 4 is 34.6 Å². The van der Waals surface area contributed by atoms with Gasteiger partial charge in [-0.05, 0) is 42.5 Å². The van der Waals surface area contributed by atoms with Gasteiger partial charge in [-0.25, -0.2) is 4.39 Å². The van der Waals surface area contributed by atoms with Crippen LogP contribution in [0.3, 0.4) is 0 Å². The number of anilines is 2. The number of benzene rings is 2. The minimum atomic E-state index is -0.392. The number of para-hydroxylation sites is 1. The molecule has 1 amide bonds. The molecule has 0 N–H and O–H groups in total. The van der Waals surface area contributed by atoms with E-state index in [0.717, 1.165) is 5.69 Å². The molecule has 0 aliphatic carbocycles. The van der Waals surface area contributed by atoms with Gasteiger partial charge in [0.25, 0.3) is 5.91 Å². The van der Waals surface area contributed by atoms with Gasteiger partial charge in [-0.2, -0.15) is 0 Å². The Morgan fingerprint density at radius 3 is 2.40 bits per heavy atom. The number of thiocarbonyl (C=S) groups is 1. The monoisotopic (exact) mass is 286 g/mol. The van der Waals surface area contributed by atoms with Gasteiger partial charge in [0.15, 0.2) is 5.11 Å². The number of carbonyl (C=O) groups excluding carboxylic acids is 1. The maximum atomic E-state index is 13.3. The predicted octanol–water partition coefficient (Wildman–Crippen LogP) is 2.96. The third-order valence-corrected chi connectivity index (χ3v) is 3.50. The Labute approximate surface area is 121 Å². The Morgan fingerprint density at radius 1 is 1.00 bits per heavy atom. The van der Waals surface area contributed by atoms with Gasteiger partial charge in [-0.15, -0.1) is 0 Å². The van der Waals surface area contributed by atoms with E-state index in [0.29, 0.717) is 10.8 Å². The molecule has 3 nitrogen and oxygen atoms in total. The Morgan fingerprint density at radius 2 is 1.70 bits per heavy atom. The molecule has 3 rings (SSSR count). The van der Waals surface area contributed by atoms with Crippen LogP contribution in [0.2, 0.25) is 0 Å². The van der Waals surface area contributed by atoms with Crippen molar-refractivity contribution in [3.05, 3.63) is 60.4 Å². The molecule has 0 bridgehead atoms. The quantitative estimate of drug-likeness (QED) is 0.793. The maximum Gasteiger partial charge on any atom is 0.253 e. The summed E-state index contributed by atoms with van der Waals surface area (Å²) in [5.41, 5.74) is 1.31. The van der Waals surface area contributed by atoms with Crippen LogP contribution in [-0.4, -0.2) is 17.6 Å². The van der Waals surface area contributed by atoms with Crippen LogP contribution in [0.5, 0.6) is 0 Å². The van der Waals surface area contributed by atoms with Crippen LogP contribution in [-0.2, 0) is 4.79 Å². The van der Waals surface area contributed by atoms with E-state index in [1.807, 2.05) is 30.3 Å². The van der Waals surface area contributed by atoms with Gasteiger partial charge in [0, 0.05) is 5.69 Å². The highest BCUT2D eigenvalue weighted by Gasteiger charge is 2.34. The van der Waals surface area contributed by atoms with Crippen molar-refractivity contribution in [2.24, 2.45) is 0 Å². The SMILES string of the molecule is O=C1CN(c2ccccc2)C(=S)N1c1cccc(F)c1. The van der Waals surface area contributed by atoms with Crippen LogP contribution in [0, 0.1) is 5.82 Å². The summed E-state index contributed by atoms with van der Waals surface area (Å²) >= 11 is 5.35. The van der Waals surface area contributed by atoms with Gasteiger partial charge in [0.1, 0.15) is 12.4 Å². The molecule has 1 aliphatic heterocycles. The molecule has 1 saturated heterocycles. The minimum Gasteiger partial charge on any atom is -0.309 e. The van der Waals surface area contributed by atoms with Crippen molar-refractivity contribution in [2.45, 2.75) is 0 Å². The Bertz CT molecular complexity index is 675. The molecule has 2 aromatic carbocycles. The molecule has 1 fully saturated rings. The van der Waals surface area contributed by atoms with Crippen LogP contribution in [0.25, 0.3) is 0 Å². The second-order valence-corrected chi connectivity index (χ2v) is 4.78. The van der Waals surface area contributed by atoms with Gasteiger partial charge in [0.05, 0.1) is 5.69 Å². The van der Waals surface area contributed by atoms with E-state index in [2.05, 4.69) is 0 Å². The van der Waals surface area contributed by atoms with Gasteiger partial charge >= 0.3 is 0 Å². The summed E-state index contributed by atoms with van der Waals surface area (Å²) in [6.07, 6.45) is 0. The lowest BCUT2D eigenvalue weighted by Gasteiger charge is -2.20. The largest absolute Gasteiger partial charge is 0.309 e. The molecule has 100 valence electrons. The number of carbonyl (C=O) groups is 1. The molecular formula is C15H11FN2OS. The van der Waals surface area contributed by atoms with Crippen LogP contribution in [0.4, 0.5) is 15.8 Å². The second kappa shape index (κ2) is 5.02. The van der Waals surface area contributed by atoms with Crippen molar-refractivity contribution in [2.75, 3.05) is 16.3 Å². The first-order chi connectivity index (χ1) is 9.66. The lowest BCUT2D eigenvalue weighted by Crippen LogP contribution is -2.32. The smallest absolute Gasteiger partial charge is 0.253 e. The standard InChI is InChI=1S/C15H11FN2OS/c16-11-5-4-8-13(9-11)18-14(19)10-17(15(18)20)12-6-2-1-3-7-12/h1-9H,10H2. The third kappa shape index (κ3) is 2.16. The van der Waals surface area contributed by atoms with Gasteiger partial charge in [-0.1, -0.05) is 24.3 Å². The molecule has 0 saturated carbocycles. The van der Waals surface area contributed by atoms with E-state index in [1.165, 1.54) is 17.0 Å². The Kier molecular flexibility index (Phi) is 3.20. The van der Waals surface area contributed by atoms with Crippen LogP contribution >= 0.6 is 12.2 Å². The second-order valence-electron chi connectivity index (χ2n) is 4.41. The molecule has 1 aliphatic rings. The zero-order valence-corrected chi connectivity index (χ0v) is 11.3. The number of amides is 1. The Hall–Kier alpha value is -2.27. The number of halogens is 1. The average molecular weight is 286 g/mol. The lowest BCUT2D eigenvalue weighted by atomic mass is 10.3. The van der Waals surface area contributed by atoms with Crippen molar-refractivity contribution < 1.29 is 9.18 Å². The number of hydrogen-bond acceptors (Lipinski definition) is 2. The fourth-order valence-corrected chi connectivity index (χ4v) is 2.56.